The molecular formula is C26H27N3O3. The first-order valence-corrected chi connectivity index (χ1v) is 10.8. The Morgan fingerprint density at radius 3 is 2.44 bits per heavy atom. The highest BCUT2D eigenvalue weighted by atomic mass is 16.6. The summed E-state index contributed by atoms with van der Waals surface area (Å²) in [7, 11) is 0. The number of hydrogen-bond acceptors (Lipinski definition) is 4. The number of rotatable bonds is 7. The number of cyclic esters (lactones) is 1. The molecule has 32 heavy (non-hydrogen) atoms. The molecule has 3 aromatic rings. The van der Waals surface area contributed by atoms with Crippen LogP contribution in [0.5, 0.6) is 0 Å². The molecule has 1 aliphatic heterocycles. The fourth-order valence-corrected chi connectivity index (χ4v) is 4.26. The molecule has 1 aliphatic rings. The first kappa shape index (κ1) is 21.6. The van der Waals surface area contributed by atoms with Gasteiger partial charge in [0.15, 0.2) is 0 Å². The number of nitrogens with zero attached hydrogens (tertiary/aromatic N) is 2. The number of amides is 2. The van der Waals surface area contributed by atoms with Gasteiger partial charge in [0.25, 0.3) is 0 Å². The number of pyridine rings is 1. The molecule has 0 bridgehead atoms. The summed E-state index contributed by atoms with van der Waals surface area (Å²) in [5.41, 5.74) is 8.40. The fourth-order valence-electron chi connectivity index (χ4n) is 4.26. The lowest BCUT2D eigenvalue weighted by molar-refractivity contribution is -0.121. The number of benzene rings is 2. The number of carbonyl (C=O) groups is 2. The standard InChI is InChI=1S/C26H27N3O3/c1-19(20-10-12-21(13-11-20)23-9-5-6-17-28-23)29-18-16-26(32-25(29)31,15-14-24(27)30)22-7-3-2-4-8-22/h2-13,17,19H,14-16,18H2,1H3,(H2,27,30)/t19-,26?/m0/s1. The topological polar surface area (TPSA) is 85.5 Å². The molecule has 1 unspecified atom stereocenters. The molecule has 2 N–H and O–H groups in total. The van der Waals surface area contributed by atoms with E-state index in [2.05, 4.69) is 4.98 Å². The van der Waals surface area contributed by atoms with Crippen LogP contribution < -0.4 is 5.73 Å². The van der Waals surface area contributed by atoms with Gasteiger partial charge in [-0.3, -0.25) is 9.78 Å². The fraction of sp³-hybridized carbons (Fsp3) is 0.269. The van der Waals surface area contributed by atoms with E-state index in [4.69, 9.17) is 10.5 Å². The minimum absolute atomic E-state index is 0.148. The van der Waals surface area contributed by atoms with E-state index in [0.717, 1.165) is 22.4 Å². The molecule has 4 rings (SSSR count). The monoisotopic (exact) mass is 429 g/mol. The van der Waals surface area contributed by atoms with E-state index in [1.54, 1.807) is 11.1 Å². The summed E-state index contributed by atoms with van der Waals surface area (Å²) >= 11 is 0. The number of nitrogens with two attached hydrogens (primary N) is 1. The molecule has 1 fully saturated rings. The second-order valence-electron chi connectivity index (χ2n) is 8.15. The first-order chi connectivity index (χ1) is 15.5. The van der Waals surface area contributed by atoms with Gasteiger partial charge >= 0.3 is 6.09 Å². The Kier molecular flexibility index (Phi) is 6.21. The van der Waals surface area contributed by atoms with Crippen LogP contribution in [-0.4, -0.2) is 28.4 Å². The molecule has 1 aromatic heterocycles. The first-order valence-electron chi connectivity index (χ1n) is 10.8. The van der Waals surface area contributed by atoms with Crippen molar-refractivity contribution < 1.29 is 14.3 Å². The van der Waals surface area contributed by atoms with Crippen LogP contribution in [-0.2, 0) is 15.1 Å². The van der Waals surface area contributed by atoms with Gasteiger partial charge in [-0.2, -0.15) is 0 Å². The van der Waals surface area contributed by atoms with Gasteiger partial charge in [0.1, 0.15) is 5.60 Å². The predicted octanol–water partition coefficient (Wildman–Crippen LogP) is 4.81. The van der Waals surface area contributed by atoms with Crippen LogP contribution in [0.25, 0.3) is 11.3 Å². The van der Waals surface area contributed by atoms with Crippen molar-refractivity contribution in [2.45, 2.75) is 37.8 Å². The third-order valence-electron chi connectivity index (χ3n) is 6.17. The summed E-state index contributed by atoms with van der Waals surface area (Å²) in [6, 6.07) is 23.4. The van der Waals surface area contributed by atoms with Gasteiger partial charge in [0.05, 0.1) is 11.7 Å². The molecule has 2 amide bonds. The Hall–Kier alpha value is -3.67. The van der Waals surface area contributed by atoms with E-state index in [1.807, 2.05) is 79.7 Å². The van der Waals surface area contributed by atoms with Crippen molar-refractivity contribution in [3.63, 3.8) is 0 Å². The lowest BCUT2D eigenvalue weighted by Gasteiger charge is -2.43. The van der Waals surface area contributed by atoms with Crippen LogP contribution in [0.2, 0.25) is 0 Å². The van der Waals surface area contributed by atoms with E-state index < -0.39 is 11.5 Å². The molecule has 164 valence electrons. The van der Waals surface area contributed by atoms with Gasteiger partial charge in [0.2, 0.25) is 5.91 Å². The number of hydrogen-bond donors (Lipinski definition) is 1. The molecule has 0 spiro atoms. The van der Waals surface area contributed by atoms with Crippen LogP contribution in [0.1, 0.15) is 43.4 Å². The quantitative estimate of drug-likeness (QED) is 0.584. The Labute approximate surface area is 188 Å². The van der Waals surface area contributed by atoms with Crippen LogP contribution >= 0.6 is 0 Å². The highest BCUT2D eigenvalue weighted by molar-refractivity contribution is 5.74. The van der Waals surface area contributed by atoms with Gasteiger partial charge in [-0.15, -0.1) is 0 Å². The summed E-state index contributed by atoms with van der Waals surface area (Å²) in [4.78, 5) is 30.7. The summed E-state index contributed by atoms with van der Waals surface area (Å²) in [6.07, 6.45) is 2.51. The minimum Gasteiger partial charge on any atom is -0.438 e. The molecule has 2 aromatic carbocycles. The summed E-state index contributed by atoms with van der Waals surface area (Å²) in [5, 5.41) is 0. The molecule has 2 heterocycles. The summed E-state index contributed by atoms with van der Waals surface area (Å²) in [6.45, 7) is 2.52. The minimum atomic E-state index is -0.841. The number of carbonyl (C=O) groups excluding carboxylic acids is 2. The molecule has 0 radical (unpaired) electrons. The lowest BCUT2D eigenvalue weighted by Crippen LogP contribution is -2.49. The lowest BCUT2D eigenvalue weighted by atomic mass is 9.84. The van der Waals surface area contributed by atoms with E-state index in [0.29, 0.717) is 19.4 Å². The molecule has 0 aliphatic carbocycles. The van der Waals surface area contributed by atoms with Gasteiger partial charge in [0, 0.05) is 37.6 Å². The molecule has 6 heteroatoms. The van der Waals surface area contributed by atoms with Crippen molar-refractivity contribution in [1.82, 2.24) is 9.88 Å². The van der Waals surface area contributed by atoms with Crippen molar-refractivity contribution in [3.8, 4) is 11.3 Å². The highest BCUT2D eigenvalue weighted by Crippen LogP contribution is 2.40. The van der Waals surface area contributed by atoms with Gasteiger partial charge in [-0.1, -0.05) is 60.7 Å². The second-order valence-corrected chi connectivity index (χ2v) is 8.15. The Morgan fingerprint density at radius 2 is 1.81 bits per heavy atom. The van der Waals surface area contributed by atoms with E-state index in [9.17, 15) is 9.59 Å². The van der Waals surface area contributed by atoms with Gasteiger partial charge in [-0.05, 0) is 30.2 Å². The zero-order valence-electron chi connectivity index (χ0n) is 18.1. The zero-order valence-corrected chi connectivity index (χ0v) is 18.1. The van der Waals surface area contributed by atoms with Crippen molar-refractivity contribution in [3.05, 3.63) is 90.1 Å². The van der Waals surface area contributed by atoms with Gasteiger partial charge in [-0.25, -0.2) is 4.79 Å². The van der Waals surface area contributed by atoms with Crippen molar-refractivity contribution in [2.75, 3.05) is 6.54 Å². The second kappa shape index (κ2) is 9.22. The van der Waals surface area contributed by atoms with Crippen molar-refractivity contribution >= 4 is 12.0 Å². The highest BCUT2D eigenvalue weighted by Gasteiger charge is 2.43. The third-order valence-corrected chi connectivity index (χ3v) is 6.17. The Balaban J connectivity index is 1.51. The zero-order chi connectivity index (χ0) is 22.6. The number of ether oxygens (including phenoxy) is 1. The number of primary amides is 1. The average Bonchev–Trinajstić information content (AvgIpc) is 2.83. The summed E-state index contributed by atoms with van der Waals surface area (Å²) < 4.78 is 6.03. The smallest absolute Gasteiger partial charge is 0.411 e. The maximum Gasteiger partial charge on any atom is 0.411 e. The van der Waals surface area contributed by atoms with Crippen LogP contribution in [0.4, 0.5) is 4.79 Å². The van der Waals surface area contributed by atoms with Crippen molar-refractivity contribution in [2.24, 2.45) is 5.73 Å². The SMILES string of the molecule is C[C@@H](c1ccc(-c2ccccn2)cc1)N1CCC(CCC(N)=O)(c2ccccc2)OC1=O. The van der Waals surface area contributed by atoms with E-state index >= 15 is 0 Å². The van der Waals surface area contributed by atoms with Crippen LogP contribution in [0.3, 0.4) is 0 Å². The van der Waals surface area contributed by atoms with Crippen LogP contribution in [0, 0.1) is 0 Å². The molecule has 2 atom stereocenters. The maximum absolute atomic E-state index is 13.1. The number of aromatic nitrogens is 1. The van der Waals surface area contributed by atoms with Crippen molar-refractivity contribution in [1.29, 1.82) is 0 Å². The molecular weight excluding hydrogens is 402 g/mol. The van der Waals surface area contributed by atoms with E-state index in [-0.39, 0.29) is 18.6 Å². The summed E-state index contributed by atoms with van der Waals surface area (Å²) in [5.74, 6) is -0.403. The maximum atomic E-state index is 13.1. The molecule has 1 saturated heterocycles. The normalized spacial score (nSPS) is 19.3. The Morgan fingerprint density at radius 1 is 1.09 bits per heavy atom. The largest absolute Gasteiger partial charge is 0.438 e. The van der Waals surface area contributed by atoms with Gasteiger partial charge < -0.3 is 15.4 Å². The molecule has 6 nitrogen and oxygen atoms in total. The predicted molar refractivity (Wildman–Crippen MR) is 122 cm³/mol. The molecule has 0 saturated carbocycles. The van der Waals surface area contributed by atoms with Crippen LogP contribution in [0.15, 0.2) is 79.0 Å². The third kappa shape index (κ3) is 4.49. The van der Waals surface area contributed by atoms with E-state index in [1.165, 1.54) is 0 Å². The Bertz CT molecular complexity index is 1070. The average molecular weight is 430 g/mol.